The lowest BCUT2D eigenvalue weighted by molar-refractivity contribution is -0.0185. The van der Waals surface area contributed by atoms with E-state index in [0.29, 0.717) is 23.9 Å². The van der Waals surface area contributed by atoms with Crippen LogP contribution in [0.1, 0.15) is 47.5 Å². The number of ether oxygens (including phenoxy) is 2. The zero-order valence-corrected chi connectivity index (χ0v) is 15.0. The molecule has 7 heteroatoms. The molecule has 128 valence electrons. The Balaban J connectivity index is 2.00. The summed E-state index contributed by atoms with van der Waals surface area (Å²) in [4.78, 5) is 22.2. The minimum atomic E-state index is -0.500. The van der Waals surface area contributed by atoms with Gasteiger partial charge in [-0.15, -0.1) is 0 Å². The van der Waals surface area contributed by atoms with E-state index in [1.165, 1.54) is 6.20 Å². The second kappa shape index (κ2) is 6.91. The molecule has 1 amide bonds. The first-order chi connectivity index (χ1) is 10.7. The maximum Gasteiger partial charge on any atom is 0.410 e. The number of piperidine rings is 1. The molecule has 0 spiro atoms. The Morgan fingerprint density at radius 1 is 1.26 bits per heavy atom. The quantitative estimate of drug-likeness (QED) is 0.820. The topological polar surface area (TPSA) is 64.6 Å². The Kier molecular flexibility index (Phi) is 5.34. The summed E-state index contributed by atoms with van der Waals surface area (Å²) in [7, 11) is 0. The fourth-order valence-corrected chi connectivity index (χ4v) is 2.98. The summed E-state index contributed by atoms with van der Waals surface area (Å²) in [6.07, 6.45) is 4.10. The van der Waals surface area contributed by atoms with Crippen LogP contribution < -0.4 is 4.74 Å². The van der Waals surface area contributed by atoms with Crippen LogP contribution in [0.4, 0.5) is 4.79 Å². The smallest absolute Gasteiger partial charge is 0.410 e. The molecule has 1 unspecified atom stereocenters. The van der Waals surface area contributed by atoms with Crippen molar-refractivity contribution in [3.8, 4) is 5.88 Å². The number of nitrogens with zero attached hydrogens (tertiary/aromatic N) is 3. The van der Waals surface area contributed by atoms with E-state index in [1.807, 2.05) is 34.6 Å². The number of carbonyl (C=O) groups excluding carboxylic acids is 1. The van der Waals surface area contributed by atoms with Gasteiger partial charge in [0.15, 0.2) is 5.15 Å². The lowest BCUT2D eigenvalue weighted by Gasteiger charge is -2.42. The van der Waals surface area contributed by atoms with Crippen LogP contribution >= 0.6 is 11.6 Å². The number of carbonyl (C=O) groups is 1. The van der Waals surface area contributed by atoms with Gasteiger partial charge >= 0.3 is 6.09 Å². The fraction of sp³-hybridized carbons (Fsp3) is 0.688. The first-order valence-corrected chi connectivity index (χ1v) is 8.19. The molecular weight excluding hydrogens is 318 g/mol. The monoisotopic (exact) mass is 341 g/mol. The lowest BCUT2D eigenvalue weighted by atomic mass is 9.95. The standard InChI is InChI=1S/C16H24ClN3O3/c1-10-6-12(22-14-9-18-8-13(17)19-14)7-11(2)20(10)15(21)23-16(3,4)5/h8-12H,6-7H2,1-5H3/t10-,11+,12?. The third kappa shape index (κ3) is 4.96. The van der Waals surface area contributed by atoms with Crippen LogP contribution in [0.15, 0.2) is 12.4 Å². The zero-order valence-electron chi connectivity index (χ0n) is 14.2. The van der Waals surface area contributed by atoms with E-state index in [2.05, 4.69) is 9.97 Å². The molecule has 0 aliphatic carbocycles. The molecule has 0 bridgehead atoms. The second-order valence-electron chi connectivity index (χ2n) is 6.98. The largest absolute Gasteiger partial charge is 0.473 e. The molecular formula is C16H24ClN3O3. The van der Waals surface area contributed by atoms with Crippen molar-refractivity contribution < 1.29 is 14.3 Å². The highest BCUT2D eigenvalue weighted by molar-refractivity contribution is 6.29. The van der Waals surface area contributed by atoms with Crippen LogP contribution in [-0.2, 0) is 4.74 Å². The molecule has 0 aromatic carbocycles. The van der Waals surface area contributed by atoms with Gasteiger partial charge in [0.25, 0.3) is 0 Å². The fourth-order valence-electron chi connectivity index (χ4n) is 2.84. The molecule has 6 nitrogen and oxygen atoms in total. The van der Waals surface area contributed by atoms with Gasteiger partial charge < -0.3 is 14.4 Å². The normalized spacial score (nSPS) is 25.1. The second-order valence-corrected chi connectivity index (χ2v) is 7.36. The first-order valence-electron chi connectivity index (χ1n) is 7.81. The van der Waals surface area contributed by atoms with E-state index < -0.39 is 5.60 Å². The molecule has 1 fully saturated rings. The Bertz CT molecular complexity index is 550. The van der Waals surface area contributed by atoms with Gasteiger partial charge in [-0.1, -0.05) is 11.6 Å². The number of rotatable bonds is 2. The predicted molar refractivity (Wildman–Crippen MR) is 87.7 cm³/mol. The van der Waals surface area contributed by atoms with E-state index in [9.17, 15) is 4.79 Å². The highest BCUT2D eigenvalue weighted by atomic mass is 35.5. The van der Waals surface area contributed by atoms with Crippen molar-refractivity contribution in [3.05, 3.63) is 17.5 Å². The van der Waals surface area contributed by atoms with Crippen LogP contribution in [0.2, 0.25) is 5.15 Å². The molecule has 1 saturated heterocycles. The molecule has 2 heterocycles. The van der Waals surface area contributed by atoms with E-state index in [1.54, 1.807) is 11.1 Å². The van der Waals surface area contributed by atoms with Crippen molar-refractivity contribution in [1.82, 2.24) is 14.9 Å². The van der Waals surface area contributed by atoms with Crippen molar-refractivity contribution in [2.75, 3.05) is 0 Å². The number of likely N-dealkylation sites (tertiary alicyclic amines) is 1. The van der Waals surface area contributed by atoms with Crippen molar-refractivity contribution in [2.45, 2.75) is 71.2 Å². The van der Waals surface area contributed by atoms with Crippen molar-refractivity contribution >= 4 is 17.7 Å². The third-order valence-electron chi connectivity index (χ3n) is 3.63. The average Bonchev–Trinajstić information content (AvgIpc) is 2.35. The van der Waals surface area contributed by atoms with Crippen molar-refractivity contribution in [2.24, 2.45) is 0 Å². The molecule has 1 aromatic heterocycles. The Morgan fingerprint density at radius 3 is 2.39 bits per heavy atom. The highest BCUT2D eigenvalue weighted by Gasteiger charge is 2.37. The molecule has 1 aromatic rings. The summed E-state index contributed by atoms with van der Waals surface area (Å²) >= 11 is 5.82. The van der Waals surface area contributed by atoms with E-state index in [-0.39, 0.29) is 24.3 Å². The number of aromatic nitrogens is 2. The van der Waals surface area contributed by atoms with Gasteiger partial charge in [0.1, 0.15) is 11.7 Å². The summed E-state index contributed by atoms with van der Waals surface area (Å²) in [6.45, 7) is 9.61. The van der Waals surface area contributed by atoms with Crippen LogP contribution in [0.5, 0.6) is 5.88 Å². The third-order valence-corrected chi connectivity index (χ3v) is 3.81. The van der Waals surface area contributed by atoms with Gasteiger partial charge in [0.2, 0.25) is 5.88 Å². The van der Waals surface area contributed by atoms with Crippen molar-refractivity contribution in [3.63, 3.8) is 0 Å². The predicted octanol–water partition coefficient (Wildman–Crippen LogP) is 3.69. The van der Waals surface area contributed by atoms with Gasteiger partial charge in [-0.2, -0.15) is 4.98 Å². The van der Waals surface area contributed by atoms with Gasteiger partial charge in [-0.05, 0) is 34.6 Å². The maximum absolute atomic E-state index is 12.4. The van der Waals surface area contributed by atoms with Gasteiger partial charge in [-0.3, -0.25) is 4.98 Å². The Morgan fingerprint density at radius 2 is 1.87 bits per heavy atom. The van der Waals surface area contributed by atoms with Crippen LogP contribution in [0, 0.1) is 0 Å². The molecule has 0 saturated carbocycles. The molecule has 1 aliphatic rings. The number of halogens is 1. The summed E-state index contributed by atoms with van der Waals surface area (Å²) < 4.78 is 11.4. The molecule has 2 rings (SSSR count). The minimum absolute atomic E-state index is 0.0192. The summed E-state index contributed by atoms with van der Waals surface area (Å²) in [6, 6.07) is 0.0384. The average molecular weight is 342 g/mol. The Labute approximate surface area is 142 Å². The van der Waals surface area contributed by atoms with Crippen molar-refractivity contribution in [1.29, 1.82) is 0 Å². The minimum Gasteiger partial charge on any atom is -0.473 e. The number of amides is 1. The summed E-state index contributed by atoms with van der Waals surface area (Å²) in [5.74, 6) is 0.410. The first kappa shape index (κ1) is 17.8. The SMILES string of the molecule is C[C@@H]1CC(Oc2cncc(Cl)n2)C[C@H](C)N1C(=O)OC(C)(C)C. The maximum atomic E-state index is 12.4. The van der Waals surface area contributed by atoms with Crippen LogP contribution in [0.3, 0.4) is 0 Å². The van der Waals surface area contributed by atoms with E-state index >= 15 is 0 Å². The van der Waals surface area contributed by atoms with Gasteiger partial charge in [0.05, 0.1) is 12.4 Å². The lowest BCUT2D eigenvalue weighted by Crippen LogP contribution is -2.53. The van der Waals surface area contributed by atoms with Crippen LogP contribution in [-0.4, -0.2) is 44.7 Å². The van der Waals surface area contributed by atoms with Crippen LogP contribution in [0.25, 0.3) is 0 Å². The molecule has 23 heavy (non-hydrogen) atoms. The molecule has 0 radical (unpaired) electrons. The number of hydrogen-bond acceptors (Lipinski definition) is 5. The van der Waals surface area contributed by atoms with E-state index in [4.69, 9.17) is 21.1 Å². The summed E-state index contributed by atoms with van der Waals surface area (Å²) in [5.41, 5.74) is -0.500. The highest BCUT2D eigenvalue weighted by Crippen LogP contribution is 2.28. The van der Waals surface area contributed by atoms with Gasteiger partial charge in [0, 0.05) is 24.9 Å². The Hall–Kier alpha value is -1.56. The van der Waals surface area contributed by atoms with E-state index in [0.717, 1.165) is 0 Å². The number of hydrogen-bond donors (Lipinski definition) is 0. The molecule has 3 atom stereocenters. The summed E-state index contributed by atoms with van der Waals surface area (Å²) in [5, 5.41) is 0.301. The van der Waals surface area contributed by atoms with Gasteiger partial charge in [-0.25, -0.2) is 4.79 Å². The molecule has 1 aliphatic heterocycles. The molecule has 0 N–H and O–H groups in total. The zero-order chi connectivity index (χ0) is 17.2.